The van der Waals surface area contributed by atoms with E-state index in [-0.39, 0.29) is 24.3 Å². The van der Waals surface area contributed by atoms with Crippen LogP contribution in [0, 0.1) is 34.5 Å². The first-order chi connectivity index (χ1) is 32.6. The number of rotatable bonds is 17. The number of hydrogen-bond acceptors (Lipinski definition) is 15. The van der Waals surface area contributed by atoms with E-state index in [2.05, 4.69) is 75.7 Å². The van der Waals surface area contributed by atoms with Gasteiger partial charge in [-0.3, -0.25) is 9.59 Å². The number of nitrogens with two attached hydrogens (primary N) is 1. The van der Waals surface area contributed by atoms with Crippen molar-refractivity contribution in [3.8, 4) is 45.9 Å². The van der Waals surface area contributed by atoms with Gasteiger partial charge in [0, 0.05) is 41.1 Å². The van der Waals surface area contributed by atoms with Gasteiger partial charge in [0.2, 0.25) is 0 Å². The summed E-state index contributed by atoms with van der Waals surface area (Å²) in [5.74, 6) is 1.77. The van der Waals surface area contributed by atoms with Crippen molar-refractivity contribution in [3.05, 3.63) is 117 Å². The normalized spacial score (nSPS) is 12.8. The van der Waals surface area contributed by atoms with Gasteiger partial charge in [-0.15, -0.1) is 22.7 Å². The molecule has 18 heteroatoms. The Labute approximate surface area is 411 Å². The van der Waals surface area contributed by atoms with E-state index in [1.807, 2.05) is 52.8 Å². The van der Waals surface area contributed by atoms with Crippen molar-refractivity contribution in [2.45, 2.75) is 91.8 Å². The summed E-state index contributed by atoms with van der Waals surface area (Å²) in [4.78, 5) is 53.4. The van der Waals surface area contributed by atoms with Crippen LogP contribution >= 0.6 is 22.7 Å². The Morgan fingerprint density at radius 3 is 1.49 bits per heavy atom. The largest absolute Gasteiger partial charge is 0.490 e. The van der Waals surface area contributed by atoms with E-state index >= 15 is 0 Å². The molecule has 0 unspecified atom stereocenters. The van der Waals surface area contributed by atoms with Gasteiger partial charge >= 0.3 is 6.09 Å². The summed E-state index contributed by atoms with van der Waals surface area (Å²) >= 11 is 2.50. The molecular weight excluding hydrogens is 913 g/mol. The third kappa shape index (κ3) is 16.5. The van der Waals surface area contributed by atoms with Crippen LogP contribution in [0.1, 0.15) is 106 Å². The average Bonchev–Trinajstić information content (AvgIpc) is 4.03. The Kier molecular flexibility index (Phi) is 18.1. The van der Waals surface area contributed by atoms with Gasteiger partial charge in [0.25, 0.3) is 11.8 Å². The highest BCUT2D eigenvalue weighted by atomic mass is 32.1. The maximum Gasteiger partial charge on any atom is 0.408 e. The fraction of sp³-hybridized carbons (Fsp3) is 0.353. The van der Waals surface area contributed by atoms with Crippen LogP contribution in [0.2, 0.25) is 0 Å². The number of alkyl carbamates (subject to hydrolysis) is 1. The van der Waals surface area contributed by atoms with Crippen molar-refractivity contribution in [2.75, 3.05) is 23.8 Å². The number of amides is 3. The monoisotopic (exact) mass is 970 g/mol. The lowest BCUT2D eigenvalue weighted by molar-refractivity contribution is 0.0407. The van der Waals surface area contributed by atoms with Crippen LogP contribution in [0.5, 0.6) is 11.5 Å². The Morgan fingerprint density at radius 2 is 1.09 bits per heavy atom. The molecule has 6 aromatic rings. The molecule has 0 radical (unpaired) electrons. The predicted molar refractivity (Wildman–Crippen MR) is 269 cm³/mol. The van der Waals surface area contributed by atoms with E-state index in [0.29, 0.717) is 63.2 Å². The molecule has 4 aromatic heterocycles. The Balaban J connectivity index is 0.000000263. The molecule has 2 aromatic carbocycles. The van der Waals surface area contributed by atoms with E-state index in [9.17, 15) is 24.9 Å². The third-order valence-electron chi connectivity index (χ3n) is 9.76. The van der Waals surface area contributed by atoms with Gasteiger partial charge in [-0.1, -0.05) is 39.8 Å². The molecule has 0 saturated heterocycles. The first-order valence-electron chi connectivity index (χ1n) is 22.1. The van der Waals surface area contributed by atoms with Crippen LogP contribution < -0.4 is 31.2 Å². The number of aromatic nitrogens is 4. The van der Waals surface area contributed by atoms with E-state index < -0.39 is 22.8 Å². The number of nitriles is 2. The molecule has 3 amide bonds. The molecule has 0 bridgehead atoms. The van der Waals surface area contributed by atoms with Crippen LogP contribution in [0.25, 0.3) is 22.3 Å². The number of carbonyl (C=O) groups is 3. The number of carbonyl (C=O) groups excluding carboxylic acids is 3. The molecule has 5 N–H and O–H groups in total. The number of ether oxygens (including phenoxy) is 3. The Morgan fingerprint density at radius 1 is 0.638 bits per heavy atom. The smallest absolute Gasteiger partial charge is 0.408 e. The molecule has 0 spiro atoms. The molecule has 0 aliphatic rings. The topological polar surface area (TPSA) is 240 Å². The SMILES string of the molecule is CC(C)C[C@@](C)(COc1ccc(-c2ccnc(NC(=O)c3nccs3)c2)cc1C#N)NC(=O)OC(C)(C)C.CC(C)C[C@](C)(N)COc1ccc(-c2ccnc(NC(=O)c3nccs3)c2)cc1C#N. The highest BCUT2D eigenvalue weighted by molar-refractivity contribution is 7.12. The Bertz CT molecular complexity index is 2780. The summed E-state index contributed by atoms with van der Waals surface area (Å²) in [5.41, 5.74) is 8.43. The number of thiazole rings is 2. The zero-order valence-corrected chi connectivity index (χ0v) is 41.9. The second-order valence-corrected chi connectivity index (χ2v) is 20.5. The second-order valence-electron chi connectivity index (χ2n) is 18.7. The molecule has 69 heavy (non-hydrogen) atoms. The summed E-state index contributed by atoms with van der Waals surface area (Å²) in [5, 5.41) is 32.0. The minimum Gasteiger partial charge on any atom is -0.490 e. The average molecular weight is 971 g/mol. The predicted octanol–water partition coefficient (Wildman–Crippen LogP) is 10.5. The van der Waals surface area contributed by atoms with E-state index in [1.165, 1.54) is 22.7 Å². The highest BCUT2D eigenvalue weighted by Crippen LogP contribution is 2.31. The summed E-state index contributed by atoms with van der Waals surface area (Å²) in [6, 6.07) is 22.1. The van der Waals surface area contributed by atoms with Gasteiger partial charge in [0.1, 0.15) is 54.1 Å². The van der Waals surface area contributed by atoms with Crippen molar-refractivity contribution in [1.82, 2.24) is 25.3 Å². The van der Waals surface area contributed by atoms with E-state index in [0.717, 1.165) is 28.7 Å². The van der Waals surface area contributed by atoms with Crippen LogP contribution in [0.15, 0.2) is 96.2 Å². The van der Waals surface area contributed by atoms with Crippen molar-refractivity contribution < 1.29 is 28.6 Å². The fourth-order valence-electron chi connectivity index (χ4n) is 7.28. The van der Waals surface area contributed by atoms with Crippen molar-refractivity contribution in [2.24, 2.45) is 17.6 Å². The first-order valence-corrected chi connectivity index (χ1v) is 23.9. The maximum atomic E-state index is 12.5. The van der Waals surface area contributed by atoms with Crippen LogP contribution in [-0.4, -0.2) is 67.7 Å². The molecule has 0 saturated carbocycles. The van der Waals surface area contributed by atoms with Crippen molar-refractivity contribution >= 4 is 52.2 Å². The quantitative estimate of drug-likeness (QED) is 0.0666. The number of nitrogens with zero attached hydrogens (tertiary/aromatic N) is 6. The minimum absolute atomic E-state index is 0.153. The number of nitrogens with one attached hydrogen (secondary N) is 3. The number of benzene rings is 2. The van der Waals surface area contributed by atoms with E-state index in [1.54, 1.807) is 78.0 Å². The fourth-order valence-corrected chi connectivity index (χ4v) is 8.34. The summed E-state index contributed by atoms with van der Waals surface area (Å²) in [7, 11) is 0. The molecular formula is C51H58N10O6S2. The van der Waals surface area contributed by atoms with Crippen LogP contribution in [-0.2, 0) is 4.74 Å². The van der Waals surface area contributed by atoms with Gasteiger partial charge in [0.15, 0.2) is 10.0 Å². The molecule has 0 aliphatic heterocycles. The molecule has 4 heterocycles. The van der Waals surface area contributed by atoms with Gasteiger partial charge in [-0.05, 0) is 130 Å². The molecule has 360 valence electrons. The molecule has 0 aliphatic carbocycles. The number of anilines is 2. The zero-order chi connectivity index (χ0) is 50.4. The summed E-state index contributed by atoms with van der Waals surface area (Å²) < 4.78 is 17.4. The molecule has 6 rings (SSSR count). The maximum absolute atomic E-state index is 12.5. The lowest BCUT2D eigenvalue weighted by Gasteiger charge is -2.33. The number of pyridine rings is 2. The third-order valence-corrected chi connectivity index (χ3v) is 11.3. The van der Waals surface area contributed by atoms with Gasteiger partial charge < -0.3 is 35.9 Å². The van der Waals surface area contributed by atoms with Crippen molar-refractivity contribution in [1.29, 1.82) is 10.5 Å². The standard InChI is InChI=1S/C28H33N5O4S.C23H25N5O2S/c1-18(2)15-28(6,33-26(35)37-27(3,4)5)17-36-22-8-7-19(13-21(22)16-29)20-9-10-30-23(14-20)32-24(34)25-31-11-12-38-25;1-15(2)12-23(3,25)14-30-19-5-4-16(10-18(19)13-24)17-6-7-26-20(11-17)28-21(29)22-27-8-9-31-22/h7-14,18H,15,17H2,1-6H3,(H,33,35)(H,30,32,34);4-11,15H,12,14,25H2,1-3H3,(H,26,28,29)/t28-;23-/m00/s1. The molecule has 16 nitrogen and oxygen atoms in total. The number of hydrogen-bond donors (Lipinski definition) is 4. The summed E-state index contributed by atoms with van der Waals surface area (Å²) in [6.45, 7) is 18.1. The zero-order valence-electron chi connectivity index (χ0n) is 40.2. The van der Waals surface area contributed by atoms with E-state index in [4.69, 9.17) is 19.9 Å². The summed E-state index contributed by atoms with van der Waals surface area (Å²) in [6.07, 6.45) is 7.29. The minimum atomic E-state index is -0.711. The van der Waals surface area contributed by atoms with Crippen LogP contribution in [0.4, 0.5) is 16.4 Å². The lowest BCUT2D eigenvalue weighted by atomic mass is 9.91. The molecule has 2 atom stereocenters. The van der Waals surface area contributed by atoms with Crippen LogP contribution in [0.3, 0.4) is 0 Å². The van der Waals surface area contributed by atoms with Gasteiger partial charge in [-0.2, -0.15) is 10.5 Å². The van der Waals surface area contributed by atoms with Gasteiger partial charge in [-0.25, -0.2) is 24.7 Å². The second kappa shape index (κ2) is 23.7. The Hall–Kier alpha value is -7.25. The van der Waals surface area contributed by atoms with Gasteiger partial charge in [0.05, 0.1) is 16.7 Å². The highest BCUT2D eigenvalue weighted by Gasteiger charge is 2.31. The van der Waals surface area contributed by atoms with Crippen molar-refractivity contribution in [3.63, 3.8) is 0 Å². The molecule has 0 fully saturated rings. The first kappa shape index (κ1) is 52.7. The lowest BCUT2D eigenvalue weighted by Crippen LogP contribution is -2.52.